The Bertz CT molecular complexity index is 601. The van der Waals surface area contributed by atoms with Crippen LogP contribution in [-0.4, -0.2) is 23.8 Å². The lowest BCUT2D eigenvalue weighted by atomic mass is 9.76. The Hall–Kier alpha value is -1.20. The van der Waals surface area contributed by atoms with E-state index in [1.54, 1.807) is 0 Å². The highest BCUT2D eigenvalue weighted by atomic mass is 79.9. The lowest BCUT2D eigenvalue weighted by Crippen LogP contribution is -2.33. The van der Waals surface area contributed by atoms with E-state index in [-0.39, 0.29) is 0 Å². The minimum atomic E-state index is -0.498. The number of rotatable bonds is 2. The van der Waals surface area contributed by atoms with Crippen molar-refractivity contribution >= 4 is 27.5 Å². The largest absolute Gasteiger partial charge is 0.400 e. The minimum Gasteiger partial charge on any atom is -0.400 e. The van der Waals surface area contributed by atoms with E-state index in [0.29, 0.717) is 11.8 Å². The Kier molecular flexibility index (Phi) is 8.80. The van der Waals surface area contributed by atoms with Crippen molar-refractivity contribution < 1.29 is 5.11 Å². The number of nitrogens with zero attached hydrogens (tertiary/aromatic N) is 2. The maximum absolute atomic E-state index is 7.00. The van der Waals surface area contributed by atoms with Crippen molar-refractivity contribution in [3.05, 3.63) is 33.8 Å². The summed E-state index contributed by atoms with van der Waals surface area (Å²) < 4.78 is 1.08. The van der Waals surface area contributed by atoms with Crippen LogP contribution in [0.15, 0.2) is 32.7 Å². The minimum absolute atomic E-state index is 0.454. The molecule has 1 aromatic carbocycles. The van der Waals surface area contributed by atoms with Crippen molar-refractivity contribution in [2.24, 2.45) is 21.6 Å². The molecule has 3 N–H and O–H groups in total. The Morgan fingerprint density at radius 3 is 2.20 bits per heavy atom. The number of halogens is 1. The molecule has 0 saturated heterocycles. The lowest BCUT2D eigenvalue weighted by molar-refractivity contribution is 0.219. The number of aliphatic hydroxyl groups excluding tert-OH is 1. The first-order valence-electron chi connectivity index (χ1n) is 9.16. The fourth-order valence-electron chi connectivity index (χ4n) is 3.62. The standard InChI is InChI=1S/C17H22BrN3.C2H6.CH4O/c1-11-8-9-14(18)10-15(11)17(13-6-4-3-5-7-13)20-12(2)16(19)21-17;2*1-2/h8-10,13H,3-7H2,1-2H3,(H2,19,21);1-2H3;2H,1H3. The molecule has 1 atom stereocenters. The van der Waals surface area contributed by atoms with Gasteiger partial charge in [0.1, 0.15) is 5.84 Å². The van der Waals surface area contributed by atoms with Gasteiger partial charge in [-0.25, -0.2) is 4.99 Å². The average molecular weight is 410 g/mol. The molecule has 0 bridgehead atoms. The molecule has 1 aromatic rings. The van der Waals surface area contributed by atoms with Crippen LogP contribution < -0.4 is 5.73 Å². The summed E-state index contributed by atoms with van der Waals surface area (Å²) in [4.78, 5) is 9.83. The van der Waals surface area contributed by atoms with Crippen LogP contribution in [0.25, 0.3) is 0 Å². The molecule has 0 spiro atoms. The molecule has 0 amide bonds. The number of hydrogen-bond donors (Lipinski definition) is 2. The van der Waals surface area contributed by atoms with E-state index in [1.807, 2.05) is 20.8 Å². The smallest absolute Gasteiger partial charge is 0.181 e. The van der Waals surface area contributed by atoms with Crippen LogP contribution in [0.4, 0.5) is 0 Å². The van der Waals surface area contributed by atoms with Gasteiger partial charge in [0.2, 0.25) is 0 Å². The van der Waals surface area contributed by atoms with Gasteiger partial charge in [0.05, 0.1) is 5.71 Å². The van der Waals surface area contributed by atoms with Crippen LogP contribution in [0.2, 0.25) is 0 Å². The Labute approximate surface area is 160 Å². The molecular weight excluding hydrogens is 378 g/mol. The summed E-state index contributed by atoms with van der Waals surface area (Å²) in [6.07, 6.45) is 6.22. The van der Waals surface area contributed by atoms with Crippen LogP contribution >= 0.6 is 15.9 Å². The maximum Gasteiger partial charge on any atom is 0.181 e. The molecule has 0 aromatic heterocycles. The highest BCUT2D eigenvalue weighted by Gasteiger charge is 2.44. The first kappa shape index (κ1) is 21.8. The molecule has 1 saturated carbocycles. The molecule has 1 aliphatic carbocycles. The summed E-state index contributed by atoms with van der Waals surface area (Å²) >= 11 is 3.59. The van der Waals surface area contributed by atoms with Crippen molar-refractivity contribution in [2.75, 3.05) is 7.11 Å². The predicted octanol–water partition coefficient (Wildman–Crippen LogP) is 4.96. The molecular formula is C20H32BrN3O. The molecule has 1 fully saturated rings. The first-order valence-corrected chi connectivity index (χ1v) is 9.96. The highest BCUT2D eigenvalue weighted by molar-refractivity contribution is 9.10. The summed E-state index contributed by atoms with van der Waals surface area (Å²) in [5.74, 6) is 1.05. The van der Waals surface area contributed by atoms with Crippen molar-refractivity contribution in [3.8, 4) is 0 Å². The van der Waals surface area contributed by atoms with E-state index < -0.39 is 5.66 Å². The number of aliphatic imine (C=N–C) groups is 2. The molecule has 4 nitrogen and oxygen atoms in total. The molecule has 25 heavy (non-hydrogen) atoms. The second-order valence-corrected chi connectivity index (χ2v) is 7.13. The van der Waals surface area contributed by atoms with Gasteiger partial charge in [-0.1, -0.05) is 55.1 Å². The fraction of sp³-hybridized carbons (Fsp3) is 0.600. The second-order valence-electron chi connectivity index (χ2n) is 6.21. The molecule has 140 valence electrons. The summed E-state index contributed by atoms with van der Waals surface area (Å²) in [6, 6.07) is 6.38. The van der Waals surface area contributed by atoms with Crippen LogP contribution in [0.3, 0.4) is 0 Å². The van der Waals surface area contributed by atoms with E-state index in [0.717, 1.165) is 17.3 Å². The summed E-state index contributed by atoms with van der Waals surface area (Å²) in [5, 5.41) is 7.00. The topological polar surface area (TPSA) is 71.0 Å². The number of benzene rings is 1. The zero-order valence-corrected chi connectivity index (χ0v) is 17.7. The van der Waals surface area contributed by atoms with Crippen molar-refractivity contribution in [1.82, 2.24) is 0 Å². The van der Waals surface area contributed by atoms with Gasteiger partial charge in [0.25, 0.3) is 0 Å². The SMILES string of the molecule is CC.CC1=NC(c2cc(Br)ccc2C)(C2CCCCC2)N=C1N.CO. The number of nitrogens with two attached hydrogens (primary N) is 1. The van der Waals surface area contributed by atoms with Gasteiger partial charge in [0.15, 0.2) is 5.66 Å². The van der Waals surface area contributed by atoms with Crippen LogP contribution in [0.5, 0.6) is 0 Å². The van der Waals surface area contributed by atoms with E-state index in [2.05, 4.69) is 41.1 Å². The molecule has 1 heterocycles. The van der Waals surface area contributed by atoms with Crippen molar-refractivity contribution in [3.63, 3.8) is 0 Å². The van der Waals surface area contributed by atoms with Gasteiger partial charge >= 0.3 is 0 Å². The molecule has 0 radical (unpaired) electrons. The zero-order valence-electron chi connectivity index (χ0n) is 16.1. The van der Waals surface area contributed by atoms with E-state index in [1.165, 1.54) is 43.2 Å². The fourth-order valence-corrected chi connectivity index (χ4v) is 3.98. The van der Waals surface area contributed by atoms with E-state index in [9.17, 15) is 0 Å². The molecule has 2 aliphatic rings. The Morgan fingerprint density at radius 1 is 1.08 bits per heavy atom. The first-order chi connectivity index (χ1) is 12.0. The van der Waals surface area contributed by atoms with E-state index >= 15 is 0 Å². The van der Waals surface area contributed by atoms with Crippen LogP contribution in [-0.2, 0) is 5.66 Å². The zero-order chi connectivity index (χ0) is 19.0. The summed E-state index contributed by atoms with van der Waals surface area (Å²) in [5.41, 5.74) is 8.90. The monoisotopic (exact) mass is 409 g/mol. The molecule has 3 rings (SSSR count). The Morgan fingerprint density at radius 2 is 1.68 bits per heavy atom. The number of aliphatic hydroxyl groups is 1. The van der Waals surface area contributed by atoms with E-state index in [4.69, 9.17) is 20.8 Å². The predicted molar refractivity (Wildman–Crippen MR) is 111 cm³/mol. The lowest BCUT2D eigenvalue weighted by Gasteiger charge is -2.36. The van der Waals surface area contributed by atoms with Gasteiger partial charge in [-0.05, 0) is 44.4 Å². The summed E-state index contributed by atoms with van der Waals surface area (Å²) in [6.45, 7) is 8.11. The van der Waals surface area contributed by atoms with Crippen molar-refractivity contribution in [1.29, 1.82) is 0 Å². The van der Waals surface area contributed by atoms with Gasteiger partial charge in [-0.2, -0.15) is 0 Å². The van der Waals surface area contributed by atoms with Crippen molar-refractivity contribution in [2.45, 2.75) is 65.5 Å². The number of amidine groups is 1. The third-order valence-electron chi connectivity index (χ3n) is 4.77. The quantitative estimate of drug-likeness (QED) is 0.724. The van der Waals surface area contributed by atoms with Gasteiger partial charge < -0.3 is 10.8 Å². The van der Waals surface area contributed by atoms with Gasteiger partial charge in [-0.3, -0.25) is 4.99 Å². The highest BCUT2D eigenvalue weighted by Crippen LogP contribution is 2.47. The molecule has 5 heteroatoms. The van der Waals surface area contributed by atoms with Crippen LogP contribution in [0, 0.1) is 12.8 Å². The third kappa shape index (κ3) is 4.70. The maximum atomic E-state index is 7.00. The molecule has 1 unspecified atom stereocenters. The number of aryl methyl sites for hydroxylation is 1. The normalized spacial score (nSPS) is 22.8. The average Bonchev–Trinajstić information content (AvgIpc) is 2.97. The second kappa shape index (κ2) is 10.1. The number of hydrogen-bond acceptors (Lipinski definition) is 4. The third-order valence-corrected chi connectivity index (χ3v) is 5.26. The van der Waals surface area contributed by atoms with Crippen LogP contribution in [0.1, 0.15) is 64.0 Å². The molecule has 1 aliphatic heterocycles. The Balaban J connectivity index is 0.000000730. The van der Waals surface area contributed by atoms with Gasteiger partial charge in [-0.15, -0.1) is 0 Å². The summed E-state index contributed by atoms with van der Waals surface area (Å²) in [7, 11) is 1.00. The van der Waals surface area contributed by atoms with Gasteiger partial charge in [0, 0.05) is 23.1 Å².